The average molecular weight is 359 g/mol. The molecule has 134 valence electrons. The SMILES string of the molecule is C=NCc1[nH]nnc1-c1cccc(CCc2cncc(C(F)(F)F)c2)c1. The first-order chi connectivity index (χ1) is 12.5. The van der Waals surface area contributed by atoms with Crippen LogP contribution in [0.2, 0.25) is 0 Å². The first-order valence-electron chi connectivity index (χ1n) is 7.90. The molecule has 2 aromatic heterocycles. The highest BCUT2D eigenvalue weighted by Gasteiger charge is 2.30. The largest absolute Gasteiger partial charge is 0.417 e. The minimum atomic E-state index is -4.38. The summed E-state index contributed by atoms with van der Waals surface area (Å²) in [5.41, 5.74) is 3.13. The monoisotopic (exact) mass is 359 g/mol. The van der Waals surface area contributed by atoms with Crippen molar-refractivity contribution in [3.63, 3.8) is 0 Å². The van der Waals surface area contributed by atoms with Gasteiger partial charge in [0.1, 0.15) is 5.69 Å². The van der Waals surface area contributed by atoms with Gasteiger partial charge in [-0.2, -0.15) is 13.2 Å². The van der Waals surface area contributed by atoms with E-state index in [2.05, 4.69) is 32.1 Å². The summed E-state index contributed by atoms with van der Waals surface area (Å²) in [4.78, 5) is 7.53. The summed E-state index contributed by atoms with van der Waals surface area (Å²) in [5.74, 6) is 0. The smallest absolute Gasteiger partial charge is 0.294 e. The van der Waals surface area contributed by atoms with Crippen LogP contribution in [0, 0.1) is 0 Å². The van der Waals surface area contributed by atoms with Gasteiger partial charge in [0.2, 0.25) is 0 Å². The molecule has 1 aromatic carbocycles. The number of aromatic amines is 1. The quantitative estimate of drug-likeness (QED) is 0.680. The van der Waals surface area contributed by atoms with Gasteiger partial charge in [0.15, 0.2) is 0 Å². The maximum absolute atomic E-state index is 12.8. The summed E-state index contributed by atoms with van der Waals surface area (Å²) < 4.78 is 38.3. The van der Waals surface area contributed by atoms with E-state index in [9.17, 15) is 13.2 Å². The maximum atomic E-state index is 12.8. The molecule has 0 aliphatic rings. The molecular formula is C18H16F3N5. The summed E-state index contributed by atoms with van der Waals surface area (Å²) in [6, 6.07) is 8.80. The highest BCUT2D eigenvalue weighted by Crippen LogP contribution is 2.29. The number of hydrogen-bond acceptors (Lipinski definition) is 4. The van der Waals surface area contributed by atoms with E-state index >= 15 is 0 Å². The number of nitrogens with one attached hydrogen (secondary N) is 1. The fourth-order valence-corrected chi connectivity index (χ4v) is 2.64. The Balaban J connectivity index is 1.76. The third-order valence-corrected chi connectivity index (χ3v) is 3.92. The van der Waals surface area contributed by atoms with Crippen molar-refractivity contribution in [3.8, 4) is 11.3 Å². The number of H-pyrrole nitrogens is 1. The number of hydrogen-bond donors (Lipinski definition) is 1. The van der Waals surface area contributed by atoms with Crippen LogP contribution in [0.25, 0.3) is 11.3 Å². The second kappa shape index (κ2) is 7.47. The Labute approximate surface area is 148 Å². The fourth-order valence-electron chi connectivity index (χ4n) is 2.64. The molecule has 0 fully saturated rings. The van der Waals surface area contributed by atoms with Crippen LogP contribution in [0.15, 0.2) is 47.7 Å². The van der Waals surface area contributed by atoms with Crippen LogP contribution in [0.4, 0.5) is 13.2 Å². The van der Waals surface area contributed by atoms with Crippen molar-refractivity contribution in [1.29, 1.82) is 0 Å². The minimum absolute atomic E-state index is 0.377. The molecule has 1 N–H and O–H groups in total. The van der Waals surface area contributed by atoms with E-state index in [4.69, 9.17) is 0 Å². The molecule has 3 aromatic rings. The number of pyridine rings is 1. The lowest BCUT2D eigenvalue weighted by Gasteiger charge is -2.08. The molecule has 0 atom stereocenters. The number of benzene rings is 1. The van der Waals surface area contributed by atoms with Crippen molar-refractivity contribution < 1.29 is 13.2 Å². The van der Waals surface area contributed by atoms with Gasteiger partial charge < -0.3 is 0 Å². The summed E-state index contributed by atoms with van der Waals surface area (Å²) in [6.07, 6.45) is -1.04. The molecule has 0 radical (unpaired) electrons. The summed E-state index contributed by atoms with van der Waals surface area (Å²) in [6.45, 7) is 3.84. The van der Waals surface area contributed by atoms with Gasteiger partial charge in [-0.05, 0) is 42.8 Å². The molecule has 8 heteroatoms. The van der Waals surface area contributed by atoms with E-state index in [0.29, 0.717) is 30.6 Å². The molecular weight excluding hydrogens is 343 g/mol. The first kappa shape index (κ1) is 17.8. The zero-order chi connectivity index (χ0) is 18.6. The lowest BCUT2D eigenvalue weighted by Crippen LogP contribution is -2.06. The second-order valence-electron chi connectivity index (χ2n) is 5.80. The van der Waals surface area contributed by atoms with Crippen molar-refractivity contribution in [2.45, 2.75) is 25.6 Å². The van der Waals surface area contributed by atoms with Crippen LogP contribution in [0.3, 0.4) is 0 Å². The van der Waals surface area contributed by atoms with Gasteiger partial charge in [0, 0.05) is 18.0 Å². The van der Waals surface area contributed by atoms with Crippen molar-refractivity contribution in [2.75, 3.05) is 0 Å². The number of aryl methyl sites for hydroxylation is 2. The van der Waals surface area contributed by atoms with Gasteiger partial charge in [0.25, 0.3) is 0 Å². The van der Waals surface area contributed by atoms with E-state index in [-0.39, 0.29) is 0 Å². The topological polar surface area (TPSA) is 66.8 Å². The van der Waals surface area contributed by atoms with Crippen molar-refractivity contribution in [1.82, 2.24) is 20.4 Å². The molecule has 0 amide bonds. The van der Waals surface area contributed by atoms with Crippen LogP contribution in [0.5, 0.6) is 0 Å². The first-order valence-corrected chi connectivity index (χ1v) is 7.90. The number of alkyl halides is 3. The van der Waals surface area contributed by atoms with Gasteiger partial charge in [-0.25, -0.2) is 0 Å². The van der Waals surface area contributed by atoms with Crippen LogP contribution >= 0.6 is 0 Å². The maximum Gasteiger partial charge on any atom is 0.417 e. The summed E-state index contributed by atoms with van der Waals surface area (Å²) in [7, 11) is 0. The second-order valence-corrected chi connectivity index (χ2v) is 5.80. The number of nitrogens with zero attached hydrogens (tertiary/aromatic N) is 4. The Kier molecular flexibility index (Phi) is 5.11. The molecule has 5 nitrogen and oxygen atoms in total. The van der Waals surface area contributed by atoms with Crippen molar-refractivity contribution in [3.05, 3.63) is 65.1 Å². The Hall–Kier alpha value is -3.03. The summed E-state index contributed by atoms with van der Waals surface area (Å²) in [5, 5.41) is 10.7. The molecule has 0 unspecified atom stereocenters. The van der Waals surface area contributed by atoms with Crippen molar-refractivity contribution >= 4 is 6.72 Å². The highest BCUT2D eigenvalue weighted by molar-refractivity contribution is 5.62. The van der Waals surface area contributed by atoms with E-state index in [1.54, 1.807) is 0 Å². The Morgan fingerprint density at radius 2 is 1.88 bits per heavy atom. The standard InChI is InChI=1S/C18H16F3N5/c1-22-11-16-17(25-26-24-16)14-4-2-3-12(7-14)5-6-13-8-15(10-23-9-13)18(19,20)21/h2-4,7-10H,1,5-6,11H2,(H,24,25,26). The Morgan fingerprint density at radius 1 is 1.08 bits per heavy atom. The molecule has 0 saturated carbocycles. The van der Waals surface area contributed by atoms with Crippen LogP contribution < -0.4 is 0 Å². The third-order valence-electron chi connectivity index (χ3n) is 3.92. The molecule has 0 bridgehead atoms. The zero-order valence-electron chi connectivity index (χ0n) is 13.8. The number of aliphatic imine (C=N–C) groups is 1. The van der Waals surface area contributed by atoms with Gasteiger partial charge >= 0.3 is 6.18 Å². The van der Waals surface area contributed by atoms with E-state index < -0.39 is 11.7 Å². The zero-order valence-corrected chi connectivity index (χ0v) is 13.8. The lowest BCUT2D eigenvalue weighted by atomic mass is 10.0. The van der Waals surface area contributed by atoms with Crippen LogP contribution in [0.1, 0.15) is 22.4 Å². The Bertz CT molecular complexity index is 902. The van der Waals surface area contributed by atoms with E-state index in [1.165, 1.54) is 6.20 Å². The number of rotatable bonds is 6. The molecule has 2 heterocycles. The normalized spacial score (nSPS) is 11.5. The van der Waals surface area contributed by atoms with E-state index in [0.717, 1.165) is 29.1 Å². The van der Waals surface area contributed by atoms with Gasteiger partial charge in [0.05, 0.1) is 17.8 Å². The fraction of sp³-hybridized carbons (Fsp3) is 0.222. The minimum Gasteiger partial charge on any atom is -0.294 e. The van der Waals surface area contributed by atoms with Crippen LogP contribution in [-0.2, 0) is 25.6 Å². The lowest BCUT2D eigenvalue weighted by molar-refractivity contribution is -0.137. The van der Waals surface area contributed by atoms with Crippen molar-refractivity contribution in [2.24, 2.45) is 4.99 Å². The molecule has 0 spiro atoms. The van der Waals surface area contributed by atoms with Gasteiger partial charge in [-0.3, -0.25) is 15.1 Å². The molecule has 0 saturated heterocycles. The third kappa shape index (κ3) is 4.14. The van der Waals surface area contributed by atoms with Gasteiger partial charge in [-0.15, -0.1) is 5.10 Å². The summed E-state index contributed by atoms with van der Waals surface area (Å²) >= 11 is 0. The molecule has 0 aliphatic heterocycles. The van der Waals surface area contributed by atoms with Gasteiger partial charge in [-0.1, -0.05) is 23.4 Å². The predicted molar refractivity (Wildman–Crippen MR) is 91.7 cm³/mol. The average Bonchev–Trinajstić information content (AvgIpc) is 3.08. The molecule has 26 heavy (non-hydrogen) atoms. The van der Waals surface area contributed by atoms with Crippen LogP contribution in [-0.4, -0.2) is 27.1 Å². The Morgan fingerprint density at radius 3 is 2.65 bits per heavy atom. The molecule has 3 rings (SSSR count). The number of aromatic nitrogens is 4. The number of halogens is 3. The molecule has 0 aliphatic carbocycles. The predicted octanol–water partition coefficient (Wildman–Crippen LogP) is 3.87. The highest BCUT2D eigenvalue weighted by atomic mass is 19.4. The van der Waals surface area contributed by atoms with E-state index in [1.807, 2.05) is 24.3 Å².